The lowest BCUT2D eigenvalue weighted by Crippen LogP contribution is -2.24. The van der Waals surface area contributed by atoms with Crippen LogP contribution < -0.4 is 5.32 Å². The molecule has 0 saturated carbocycles. The maximum absolute atomic E-state index is 10.1. The van der Waals surface area contributed by atoms with Crippen LogP contribution >= 0.6 is 0 Å². The molecule has 0 fully saturated rings. The van der Waals surface area contributed by atoms with Crippen molar-refractivity contribution in [1.82, 2.24) is 5.32 Å². The molecule has 0 aromatic heterocycles. The van der Waals surface area contributed by atoms with Crippen LogP contribution in [0.4, 0.5) is 0 Å². The second-order valence-corrected chi connectivity index (χ2v) is 4.10. The van der Waals surface area contributed by atoms with Gasteiger partial charge in [0.25, 0.3) is 0 Å². The van der Waals surface area contributed by atoms with Crippen LogP contribution in [-0.2, 0) is 4.79 Å². The lowest BCUT2D eigenvalue weighted by Gasteiger charge is -2.08. The van der Waals surface area contributed by atoms with Gasteiger partial charge in [0, 0.05) is 6.04 Å². The molecule has 2 heteroatoms. The van der Waals surface area contributed by atoms with Crippen molar-refractivity contribution in [3.8, 4) is 0 Å². The van der Waals surface area contributed by atoms with Gasteiger partial charge in [-0.05, 0) is 13.3 Å². The van der Waals surface area contributed by atoms with Gasteiger partial charge in [-0.15, -0.1) is 0 Å². The Labute approximate surface area is 94.8 Å². The van der Waals surface area contributed by atoms with Crippen LogP contribution in [0.3, 0.4) is 0 Å². The topological polar surface area (TPSA) is 29.1 Å². The van der Waals surface area contributed by atoms with Gasteiger partial charge in [0.15, 0.2) is 0 Å². The molecule has 0 aliphatic rings. The molecule has 88 valence electrons. The lowest BCUT2D eigenvalue weighted by atomic mass is 10.1. The number of carbonyl (C=O) groups is 1. The predicted octanol–water partition coefficient (Wildman–Crippen LogP) is 3.28. The molecule has 1 N–H and O–H groups in total. The minimum Gasteiger partial charge on any atom is -0.356 e. The van der Waals surface area contributed by atoms with Crippen molar-refractivity contribution in [2.24, 2.45) is 0 Å². The van der Waals surface area contributed by atoms with Crippen LogP contribution in [0.5, 0.6) is 0 Å². The molecular weight excluding hydrogens is 186 g/mol. The minimum absolute atomic E-state index is 0.0914. The smallest absolute Gasteiger partial charge is 0.207 e. The van der Waals surface area contributed by atoms with Gasteiger partial charge >= 0.3 is 0 Å². The van der Waals surface area contributed by atoms with Crippen molar-refractivity contribution in [3.63, 3.8) is 0 Å². The Morgan fingerprint density at radius 1 is 1.00 bits per heavy atom. The summed E-state index contributed by atoms with van der Waals surface area (Å²) in [6, 6.07) is 0.0914. The van der Waals surface area contributed by atoms with E-state index in [4.69, 9.17) is 0 Å². The zero-order valence-electron chi connectivity index (χ0n) is 9.84. The summed E-state index contributed by atoms with van der Waals surface area (Å²) in [5, 5.41) is 2.67. The van der Waals surface area contributed by atoms with Crippen molar-refractivity contribution in [2.75, 3.05) is 0 Å². The van der Waals surface area contributed by atoms with Gasteiger partial charge in [0.1, 0.15) is 0 Å². The average molecular weight is 211 g/mol. The lowest BCUT2D eigenvalue weighted by molar-refractivity contribution is -0.109. The van der Waals surface area contributed by atoms with E-state index in [1.54, 1.807) is 0 Å². The largest absolute Gasteiger partial charge is 0.356 e. The van der Waals surface area contributed by atoms with Crippen LogP contribution in [-0.4, -0.2) is 12.5 Å². The molecule has 0 rings (SSSR count). The van der Waals surface area contributed by atoms with Crippen molar-refractivity contribution in [1.29, 1.82) is 0 Å². The highest BCUT2D eigenvalue weighted by Crippen LogP contribution is 2.10. The number of unbranched alkanes of at least 4 members (excludes halogenated alkanes) is 7. The number of rotatable bonds is 11. The van der Waals surface area contributed by atoms with Crippen molar-refractivity contribution >= 4 is 6.41 Å². The van der Waals surface area contributed by atoms with E-state index in [0.29, 0.717) is 0 Å². The van der Waals surface area contributed by atoms with Gasteiger partial charge in [0.2, 0.25) is 6.41 Å². The SMILES string of the molecule is [CH2]CCCCCCCCCC([CH2])NC=O. The molecule has 2 radical (unpaired) electrons. The van der Waals surface area contributed by atoms with Gasteiger partial charge in [-0.25, -0.2) is 0 Å². The van der Waals surface area contributed by atoms with E-state index in [2.05, 4.69) is 19.2 Å². The van der Waals surface area contributed by atoms with Gasteiger partial charge in [-0.3, -0.25) is 4.79 Å². The fourth-order valence-electron chi connectivity index (χ4n) is 1.63. The summed E-state index contributed by atoms with van der Waals surface area (Å²) < 4.78 is 0. The number of hydrogen-bond donors (Lipinski definition) is 1. The van der Waals surface area contributed by atoms with Crippen molar-refractivity contribution in [3.05, 3.63) is 13.8 Å². The summed E-state index contributed by atoms with van der Waals surface area (Å²) in [6.07, 6.45) is 11.8. The van der Waals surface area contributed by atoms with Crippen LogP contribution in [0.2, 0.25) is 0 Å². The van der Waals surface area contributed by atoms with E-state index < -0.39 is 0 Å². The summed E-state index contributed by atoms with van der Waals surface area (Å²) in [6.45, 7) is 7.66. The minimum atomic E-state index is 0.0914. The Kier molecular flexibility index (Phi) is 11.1. The fraction of sp³-hybridized carbons (Fsp3) is 0.769. The molecule has 0 aliphatic heterocycles. The molecule has 0 aromatic carbocycles. The van der Waals surface area contributed by atoms with Gasteiger partial charge in [-0.2, -0.15) is 0 Å². The van der Waals surface area contributed by atoms with E-state index in [0.717, 1.165) is 19.3 Å². The Morgan fingerprint density at radius 2 is 1.53 bits per heavy atom. The number of carbonyl (C=O) groups excluding carboxylic acids is 1. The standard InChI is InChI=1S/C13H25NO/c1-3-4-5-6-7-8-9-10-11-13(2)14-12-15/h12-13H,1-11H2,(H,14,15). The first-order chi connectivity index (χ1) is 7.31. The number of nitrogens with one attached hydrogen (secondary N) is 1. The Bertz CT molecular complexity index is 136. The van der Waals surface area contributed by atoms with Crippen LogP contribution in [0.1, 0.15) is 57.8 Å². The molecule has 1 atom stereocenters. The zero-order valence-corrected chi connectivity index (χ0v) is 9.84. The van der Waals surface area contributed by atoms with E-state index >= 15 is 0 Å². The van der Waals surface area contributed by atoms with E-state index in [1.165, 1.54) is 44.9 Å². The highest BCUT2D eigenvalue weighted by molar-refractivity contribution is 5.46. The molecule has 1 unspecified atom stereocenters. The molecule has 2 nitrogen and oxygen atoms in total. The molecule has 0 aromatic rings. The zero-order chi connectivity index (χ0) is 11.4. The highest BCUT2D eigenvalue weighted by atomic mass is 16.1. The van der Waals surface area contributed by atoms with Gasteiger partial charge in [-0.1, -0.05) is 58.3 Å². The number of hydrogen-bond acceptors (Lipinski definition) is 1. The third-order valence-electron chi connectivity index (χ3n) is 2.61. The first-order valence-electron chi connectivity index (χ1n) is 6.13. The Morgan fingerprint density at radius 3 is 2.07 bits per heavy atom. The maximum Gasteiger partial charge on any atom is 0.207 e. The van der Waals surface area contributed by atoms with Crippen molar-refractivity contribution in [2.45, 2.75) is 63.8 Å². The molecule has 0 heterocycles. The van der Waals surface area contributed by atoms with Gasteiger partial charge < -0.3 is 5.32 Å². The van der Waals surface area contributed by atoms with Gasteiger partial charge in [0.05, 0.1) is 0 Å². The highest BCUT2D eigenvalue weighted by Gasteiger charge is 1.98. The monoisotopic (exact) mass is 211 g/mol. The molecular formula is C13H25NO. The molecule has 0 spiro atoms. The predicted molar refractivity (Wildman–Crippen MR) is 65.3 cm³/mol. The molecule has 15 heavy (non-hydrogen) atoms. The summed E-state index contributed by atoms with van der Waals surface area (Å²) >= 11 is 0. The van der Waals surface area contributed by atoms with E-state index in [1.807, 2.05) is 0 Å². The Balaban J connectivity index is 3.01. The first-order valence-corrected chi connectivity index (χ1v) is 6.13. The molecule has 0 saturated heterocycles. The van der Waals surface area contributed by atoms with E-state index in [9.17, 15) is 4.79 Å². The Hall–Kier alpha value is -0.530. The van der Waals surface area contributed by atoms with E-state index in [-0.39, 0.29) is 6.04 Å². The quantitative estimate of drug-likeness (QED) is 0.412. The third-order valence-corrected chi connectivity index (χ3v) is 2.61. The fourth-order valence-corrected chi connectivity index (χ4v) is 1.63. The second kappa shape index (κ2) is 11.5. The normalized spacial score (nSPS) is 12.4. The summed E-state index contributed by atoms with van der Waals surface area (Å²) in [4.78, 5) is 10.1. The molecule has 0 bridgehead atoms. The van der Waals surface area contributed by atoms with Crippen LogP contribution in [0, 0.1) is 13.8 Å². The summed E-state index contributed by atoms with van der Waals surface area (Å²) in [5.41, 5.74) is 0. The van der Waals surface area contributed by atoms with Crippen molar-refractivity contribution < 1.29 is 4.79 Å². The molecule has 1 amide bonds. The first kappa shape index (κ1) is 14.5. The third kappa shape index (κ3) is 11.4. The average Bonchev–Trinajstić information content (AvgIpc) is 2.22. The van der Waals surface area contributed by atoms with Crippen LogP contribution in [0.25, 0.3) is 0 Å². The maximum atomic E-state index is 10.1. The van der Waals surface area contributed by atoms with Crippen LogP contribution in [0.15, 0.2) is 0 Å². The summed E-state index contributed by atoms with van der Waals surface area (Å²) in [7, 11) is 0. The summed E-state index contributed by atoms with van der Waals surface area (Å²) in [5.74, 6) is 0. The second-order valence-electron chi connectivity index (χ2n) is 4.10. The molecule has 0 aliphatic carbocycles. The number of amides is 1.